The number of aryl methyl sites for hydroxylation is 1. The fraction of sp³-hybridized carbons (Fsp3) is 0.192. The first kappa shape index (κ1) is 24.3. The predicted molar refractivity (Wildman–Crippen MR) is 142 cm³/mol. The number of ether oxygens (including phenoxy) is 2. The monoisotopic (exact) mass is 551 g/mol. The molecule has 5 aromatic rings. The second-order valence-corrected chi connectivity index (χ2v) is 10.2. The van der Waals surface area contributed by atoms with Crippen molar-refractivity contribution in [3.63, 3.8) is 0 Å². The summed E-state index contributed by atoms with van der Waals surface area (Å²) in [4.78, 5) is 30.5. The van der Waals surface area contributed by atoms with Crippen LogP contribution in [0, 0.1) is 12.7 Å². The van der Waals surface area contributed by atoms with Crippen LogP contribution in [0.15, 0.2) is 42.9 Å². The second kappa shape index (κ2) is 9.34. The van der Waals surface area contributed by atoms with E-state index < -0.39 is 18.0 Å². The van der Waals surface area contributed by atoms with Crippen molar-refractivity contribution in [2.75, 3.05) is 18.6 Å². The molecule has 1 N–H and O–H groups in total. The number of carbonyl (C=O) groups is 1. The Morgan fingerprint density at radius 2 is 2.03 bits per heavy atom. The third-order valence-electron chi connectivity index (χ3n) is 6.28. The van der Waals surface area contributed by atoms with Gasteiger partial charge in [0, 0.05) is 34.0 Å². The standard InChI is InChI=1S/C26H19ClFN5O4S/c1-12-29-8-15(9-30-12)33(26(34)35)11-17-6-19-23(37-17)20(28)7-21-24(19)38-25(32-21)18-5-14(27)3-13-4-16(36-2)10-31-22(13)18/h3-5,7-10,17H,6,11H2,1-2H3,(H,34,35). The smallest absolute Gasteiger partial charge is 0.412 e. The quantitative estimate of drug-likeness (QED) is 0.287. The largest absolute Gasteiger partial charge is 0.495 e. The van der Waals surface area contributed by atoms with E-state index in [0.717, 1.165) is 20.5 Å². The van der Waals surface area contributed by atoms with Crippen molar-refractivity contribution in [1.29, 1.82) is 0 Å². The number of thiazole rings is 1. The third kappa shape index (κ3) is 4.23. The molecule has 2 aromatic carbocycles. The number of hydrogen-bond donors (Lipinski definition) is 1. The molecular formula is C26H19ClFN5O4S. The molecule has 192 valence electrons. The Morgan fingerprint density at radius 1 is 1.24 bits per heavy atom. The van der Waals surface area contributed by atoms with E-state index in [1.54, 1.807) is 32.4 Å². The zero-order valence-electron chi connectivity index (χ0n) is 20.1. The van der Waals surface area contributed by atoms with Crippen LogP contribution in [0.2, 0.25) is 5.02 Å². The van der Waals surface area contributed by atoms with Gasteiger partial charge in [-0.05, 0) is 25.1 Å². The van der Waals surface area contributed by atoms with Crippen LogP contribution >= 0.6 is 22.9 Å². The Labute approximate surface area is 224 Å². The molecule has 6 rings (SSSR count). The molecule has 3 aromatic heterocycles. The average Bonchev–Trinajstić information content (AvgIpc) is 3.51. The van der Waals surface area contributed by atoms with E-state index in [-0.39, 0.29) is 12.3 Å². The summed E-state index contributed by atoms with van der Waals surface area (Å²) in [5.41, 5.74) is 2.86. The molecule has 0 saturated carbocycles. The van der Waals surface area contributed by atoms with Gasteiger partial charge >= 0.3 is 6.09 Å². The van der Waals surface area contributed by atoms with Crippen molar-refractivity contribution in [3.8, 4) is 22.1 Å². The van der Waals surface area contributed by atoms with Gasteiger partial charge in [0.15, 0.2) is 11.6 Å². The molecule has 0 saturated heterocycles. The molecule has 9 nitrogen and oxygen atoms in total. The van der Waals surface area contributed by atoms with Gasteiger partial charge in [-0.1, -0.05) is 11.6 Å². The van der Waals surface area contributed by atoms with Crippen molar-refractivity contribution in [1.82, 2.24) is 19.9 Å². The first-order valence-corrected chi connectivity index (χ1v) is 12.7. The number of amides is 1. The Kier molecular flexibility index (Phi) is 5.96. The molecule has 38 heavy (non-hydrogen) atoms. The highest BCUT2D eigenvalue weighted by Crippen LogP contribution is 2.44. The first-order valence-electron chi connectivity index (χ1n) is 11.5. The van der Waals surface area contributed by atoms with Gasteiger partial charge in [0.1, 0.15) is 22.7 Å². The van der Waals surface area contributed by atoms with Gasteiger partial charge in [0.25, 0.3) is 0 Å². The summed E-state index contributed by atoms with van der Waals surface area (Å²) >= 11 is 7.79. The number of methoxy groups -OCH3 is 1. The molecule has 1 atom stereocenters. The lowest BCUT2D eigenvalue weighted by Crippen LogP contribution is -2.38. The molecule has 1 aliphatic rings. The maximum absolute atomic E-state index is 15.1. The van der Waals surface area contributed by atoms with Crippen molar-refractivity contribution >= 4 is 55.8 Å². The minimum atomic E-state index is -1.18. The molecule has 12 heteroatoms. The Hall–Kier alpha value is -4.09. The van der Waals surface area contributed by atoms with E-state index >= 15 is 4.39 Å². The molecule has 0 bridgehead atoms. The number of rotatable bonds is 5. The highest BCUT2D eigenvalue weighted by Gasteiger charge is 2.33. The van der Waals surface area contributed by atoms with Crippen molar-refractivity contribution in [2.24, 2.45) is 0 Å². The average molecular weight is 552 g/mol. The summed E-state index contributed by atoms with van der Waals surface area (Å²) in [6.07, 6.45) is 3.02. The highest BCUT2D eigenvalue weighted by molar-refractivity contribution is 7.22. The van der Waals surface area contributed by atoms with Crippen LogP contribution in [0.1, 0.15) is 11.4 Å². The zero-order valence-corrected chi connectivity index (χ0v) is 21.7. The minimum absolute atomic E-state index is 0.0201. The Morgan fingerprint density at radius 3 is 2.76 bits per heavy atom. The highest BCUT2D eigenvalue weighted by atomic mass is 35.5. The van der Waals surface area contributed by atoms with Gasteiger partial charge in [-0.3, -0.25) is 9.88 Å². The first-order chi connectivity index (χ1) is 18.3. The number of benzene rings is 2. The maximum atomic E-state index is 15.1. The number of halogens is 2. The van der Waals surface area contributed by atoms with Gasteiger partial charge in [0.05, 0.1) is 53.7 Å². The predicted octanol–water partition coefficient (Wildman–Crippen LogP) is 5.90. The number of nitrogens with zero attached hydrogens (tertiary/aromatic N) is 5. The molecule has 1 amide bonds. The molecule has 1 aliphatic heterocycles. The SMILES string of the molecule is COc1cnc2c(-c3nc4cc(F)c5c(c4s3)CC(CN(C(=O)O)c3cnc(C)nc3)O5)cc(Cl)cc2c1. The summed E-state index contributed by atoms with van der Waals surface area (Å²) in [6, 6.07) is 6.76. The number of anilines is 1. The van der Waals surface area contributed by atoms with Crippen LogP contribution in [0.3, 0.4) is 0 Å². The molecule has 0 radical (unpaired) electrons. The van der Waals surface area contributed by atoms with E-state index in [0.29, 0.717) is 50.3 Å². The maximum Gasteiger partial charge on any atom is 0.412 e. The Bertz CT molecular complexity index is 1730. The molecule has 0 fully saturated rings. The summed E-state index contributed by atoms with van der Waals surface area (Å²) in [5.74, 6) is 0.690. The molecule has 0 spiro atoms. The topological polar surface area (TPSA) is 111 Å². The van der Waals surface area contributed by atoms with Gasteiger partial charge < -0.3 is 14.6 Å². The summed E-state index contributed by atoms with van der Waals surface area (Å²) < 4.78 is 27.1. The van der Waals surface area contributed by atoms with Gasteiger partial charge in [-0.25, -0.2) is 24.1 Å². The van der Waals surface area contributed by atoms with Crippen LogP contribution < -0.4 is 14.4 Å². The van der Waals surface area contributed by atoms with Gasteiger partial charge in [0.2, 0.25) is 0 Å². The van der Waals surface area contributed by atoms with E-state index in [9.17, 15) is 9.90 Å². The van der Waals surface area contributed by atoms with Crippen LogP contribution in [0.25, 0.3) is 31.7 Å². The van der Waals surface area contributed by atoms with Crippen LogP contribution in [0.4, 0.5) is 14.9 Å². The summed E-state index contributed by atoms with van der Waals surface area (Å²) in [5, 5.41) is 11.7. The fourth-order valence-electron chi connectivity index (χ4n) is 4.54. The number of fused-ring (bicyclic) bond motifs is 4. The second-order valence-electron chi connectivity index (χ2n) is 8.76. The lowest BCUT2D eigenvalue weighted by Gasteiger charge is -2.22. The fourth-order valence-corrected chi connectivity index (χ4v) is 5.87. The van der Waals surface area contributed by atoms with Crippen LogP contribution in [-0.4, -0.2) is 50.9 Å². The van der Waals surface area contributed by atoms with E-state index in [2.05, 4.69) is 15.0 Å². The van der Waals surface area contributed by atoms with E-state index in [1.807, 2.05) is 6.07 Å². The van der Waals surface area contributed by atoms with Crippen LogP contribution in [-0.2, 0) is 6.42 Å². The van der Waals surface area contributed by atoms with Crippen molar-refractivity contribution in [3.05, 3.63) is 65.1 Å². The Balaban J connectivity index is 1.37. The van der Waals surface area contributed by atoms with Crippen molar-refractivity contribution < 1.29 is 23.8 Å². The third-order valence-corrected chi connectivity index (χ3v) is 7.67. The van der Waals surface area contributed by atoms with Crippen LogP contribution in [0.5, 0.6) is 11.5 Å². The van der Waals surface area contributed by atoms with Gasteiger partial charge in [-0.2, -0.15) is 0 Å². The lowest BCUT2D eigenvalue weighted by atomic mass is 10.1. The number of hydrogen-bond acceptors (Lipinski definition) is 8. The lowest BCUT2D eigenvalue weighted by molar-refractivity contribution is 0.190. The molecule has 4 heterocycles. The molecule has 1 unspecified atom stereocenters. The summed E-state index contributed by atoms with van der Waals surface area (Å²) in [6.45, 7) is 1.69. The summed E-state index contributed by atoms with van der Waals surface area (Å²) in [7, 11) is 1.57. The number of aromatic nitrogens is 4. The van der Waals surface area contributed by atoms with E-state index in [4.69, 9.17) is 26.1 Å². The number of carboxylic acid groups (broad SMARTS) is 1. The minimum Gasteiger partial charge on any atom is -0.495 e. The molecular weight excluding hydrogens is 533 g/mol. The van der Waals surface area contributed by atoms with Crippen molar-refractivity contribution in [2.45, 2.75) is 19.4 Å². The van der Waals surface area contributed by atoms with Gasteiger partial charge in [-0.15, -0.1) is 11.3 Å². The normalized spacial score (nSPS) is 14.5. The number of pyridine rings is 1. The zero-order chi connectivity index (χ0) is 26.6. The van der Waals surface area contributed by atoms with E-state index in [1.165, 1.54) is 29.8 Å². The molecule has 0 aliphatic carbocycles.